The van der Waals surface area contributed by atoms with E-state index in [-0.39, 0.29) is 0 Å². The van der Waals surface area contributed by atoms with Crippen LogP contribution in [0.1, 0.15) is 11.4 Å². The van der Waals surface area contributed by atoms with Crippen LogP contribution < -0.4 is 10.1 Å². The maximum atomic E-state index is 5.11. The predicted molar refractivity (Wildman–Crippen MR) is 74.5 cm³/mol. The average molecular weight is 261 g/mol. The van der Waals surface area contributed by atoms with Crippen LogP contribution in [0.25, 0.3) is 0 Å². The minimum Gasteiger partial charge on any atom is -0.497 e. The highest BCUT2D eigenvalue weighted by Crippen LogP contribution is 2.12. The molecule has 5 heteroatoms. The monoisotopic (exact) mass is 261 g/mol. The van der Waals surface area contributed by atoms with Gasteiger partial charge in [0.05, 0.1) is 7.11 Å². The highest BCUT2D eigenvalue weighted by Gasteiger charge is 1.97. The lowest BCUT2D eigenvalue weighted by Crippen LogP contribution is -2.03. The molecule has 4 nitrogen and oxygen atoms in total. The first-order valence-corrected chi connectivity index (χ1v) is 6.03. The number of nitrogens with one attached hydrogen (secondary N) is 2. The summed E-state index contributed by atoms with van der Waals surface area (Å²) in [4.78, 5) is 7.24. The number of aromatic amines is 1. The SMILES string of the molecule is COc1ccc(CNc2cc(=S)nc(C)[nH]2)cc1. The van der Waals surface area contributed by atoms with Gasteiger partial charge in [0.25, 0.3) is 0 Å². The minimum absolute atomic E-state index is 0.587. The molecule has 0 radical (unpaired) electrons. The summed E-state index contributed by atoms with van der Waals surface area (Å²) in [6.07, 6.45) is 0. The van der Waals surface area contributed by atoms with Gasteiger partial charge < -0.3 is 15.0 Å². The van der Waals surface area contributed by atoms with Crippen molar-refractivity contribution in [3.05, 3.63) is 46.4 Å². The zero-order chi connectivity index (χ0) is 13.0. The number of hydrogen-bond acceptors (Lipinski definition) is 4. The number of H-pyrrole nitrogens is 1. The van der Waals surface area contributed by atoms with E-state index in [2.05, 4.69) is 15.3 Å². The standard InChI is InChI=1S/C13H15N3OS/c1-9-15-12(7-13(18)16-9)14-8-10-3-5-11(17-2)6-4-10/h3-7H,8H2,1-2H3,(H2,14,15,16,18). The largest absolute Gasteiger partial charge is 0.497 e. The van der Waals surface area contributed by atoms with Crippen molar-refractivity contribution >= 4 is 18.0 Å². The maximum absolute atomic E-state index is 5.11. The average Bonchev–Trinajstić information content (AvgIpc) is 2.36. The van der Waals surface area contributed by atoms with Crippen LogP contribution in [0.2, 0.25) is 0 Å². The molecule has 0 saturated carbocycles. The molecule has 1 aromatic carbocycles. The van der Waals surface area contributed by atoms with Crippen LogP contribution in [-0.2, 0) is 6.54 Å². The van der Waals surface area contributed by atoms with Gasteiger partial charge in [0, 0.05) is 12.6 Å². The molecule has 0 unspecified atom stereocenters. The molecular formula is C13H15N3OS. The Hall–Kier alpha value is -1.88. The minimum atomic E-state index is 0.587. The van der Waals surface area contributed by atoms with Crippen LogP contribution >= 0.6 is 12.2 Å². The first-order valence-electron chi connectivity index (χ1n) is 5.62. The van der Waals surface area contributed by atoms with Gasteiger partial charge in [-0.15, -0.1) is 0 Å². The van der Waals surface area contributed by atoms with E-state index < -0.39 is 0 Å². The molecule has 94 valence electrons. The molecular weight excluding hydrogens is 246 g/mol. The van der Waals surface area contributed by atoms with Gasteiger partial charge in [-0.3, -0.25) is 0 Å². The topological polar surface area (TPSA) is 49.9 Å². The summed E-state index contributed by atoms with van der Waals surface area (Å²) in [5.41, 5.74) is 1.17. The molecule has 0 aliphatic carbocycles. The molecule has 1 heterocycles. The molecule has 0 atom stereocenters. The Bertz CT molecular complexity index is 578. The first-order chi connectivity index (χ1) is 8.67. The van der Waals surface area contributed by atoms with E-state index in [1.54, 1.807) is 7.11 Å². The smallest absolute Gasteiger partial charge is 0.131 e. The first kappa shape index (κ1) is 12.6. The van der Waals surface area contributed by atoms with Crippen molar-refractivity contribution < 1.29 is 4.74 Å². The van der Waals surface area contributed by atoms with Gasteiger partial charge >= 0.3 is 0 Å². The highest BCUT2D eigenvalue weighted by atomic mass is 32.1. The second-order valence-electron chi connectivity index (χ2n) is 3.92. The van der Waals surface area contributed by atoms with Crippen LogP contribution in [0.5, 0.6) is 5.75 Å². The van der Waals surface area contributed by atoms with E-state index >= 15 is 0 Å². The lowest BCUT2D eigenvalue weighted by atomic mass is 10.2. The molecule has 0 aliphatic heterocycles. The molecule has 2 aromatic rings. The molecule has 18 heavy (non-hydrogen) atoms. The second kappa shape index (κ2) is 5.64. The van der Waals surface area contributed by atoms with Gasteiger partial charge in [0.2, 0.25) is 0 Å². The van der Waals surface area contributed by atoms with Crippen molar-refractivity contribution in [3.63, 3.8) is 0 Å². The summed E-state index contributed by atoms with van der Waals surface area (Å²) >= 11 is 5.06. The molecule has 2 rings (SSSR count). The fourth-order valence-corrected chi connectivity index (χ4v) is 1.87. The van der Waals surface area contributed by atoms with Gasteiger partial charge in [-0.05, 0) is 24.6 Å². The van der Waals surface area contributed by atoms with Crippen LogP contribution in [0.3, 0.4) is 0 Å². The maximum Gasteiger partial charge on any atom is 0.131 e. The van der Waals surface area contributed by atoms with Crippen molar-refractivity contribution in [1.82, 2.24) is 9.97 Å². The van der Waals surface area contributed by atoms with Crippen molar-refractivity contribution in [1.29, 1.82) is 0 Å². The molecule has 0 fully saturated rings. The number of rotatable bonds is 4. The molecule has 0 spiro atoms. The van der Waals surface area contributed by atoms with Gasteiger partial charge in [0.15, 0.2) is 0 Å². The van der Waals surface area contributed by atoms with E-state index in [0.29, 0.717) is 4.64 Å². The highest BCUT2D eigenvalue weighted by molar-refractivity contribution is 7.71. The van der Waals surface area contributed by atoms with E-state index in [1.807, 2.05) is 37.3 Å². The number of nitrogens with zero attached hydrogens (tertiary/aromatic N) is 1. The third kappa shape index (κ3) is 3.30. The summed E-state index contributed by atoms with van der Waals surface area (Å²) < 4.78 is 5.70. The summed E-state index contributed by atoms with van der Waals surface area (Å²) in [6.45, 7) is 2.60. The van der Waals surface area contributed by atoms with Crippen LogP contribution in [-0.4, -0.2) is 17.1 Å². The Morgan fingerprint density at radius 1 is 1.33 bits per heavy atom. The Labute approximate surface area is 111 Å². The van der Waals surface area contributed by atoms with Crippen molar-refractivity contribution in [3.8, 4) is 5.75 Å². The van der Waals surface area contributed by atoms with Crippen LogP contribution in [0, 0.1) is 11.6 Å². The third-order valence-corrected chi connectivity index (χ3v) is 2.71. The van der Waals surface area contributed by atoms with E-state index in [1.165, 1.54) is 5.56 Å². The Balaban J connectivity index is 2.04. The van der Waals surface area contributed by atoms with E-state index in [4.69, 9.17) is 17.0 Å². The quantitative estimate of drug-likeness (QED) is 0.830. The number of hydrogen-bond donors (Lipinski definition) is 2. The Kier molecular flexibility index (Phi) is 3.94. The number of benzene rings is 1. The summed E-state index contributed by atoms with van der Waals surface area (Å²) in [5.74, 6) is 2.54. The number of anilines is 1. The Morgan fingerprint density at radius 3 is 2.67 bits per heavy atom. The molecule has 0 saturated heterocycles. The summed E-state index contributed by atoms with van der Waals surface area (Å²) in [6, 6.07) is 9.74. The summed E-state index contributed by atoms with van der Waals surface area (Å²) in [5, 5.41) is 3.28. The number of aryl methyl sites for hydroxylation is 1. The second-order valence-corrected chi connectivity index (χ2v) is 4.34. The number of aromatic nitrogens is 2. The normalized spacial score (nSPS) is 10.1. The molecule has 1 aromatic heterocycles. The Morgan fingerprint density at radius 2 is 2.06 bits per heavy atom. The molecule has 2 N–H and O–H groups in total. The lowest BCUT2D eigenvalue weighted by molar-refractivity contribution is 0.414. The van der Waals surface area contributed by atoms with Crippen molar-refractivity contribution in [2.75, 3.05) is 12.4 Å². The zero-order valence-corrected chi connectivity index (χ0v) is 11.2. The van der Waals surface area contributed by atoms with Crippen LogP contribution in [0.4, 0.5) is 5.82 Å². The van der Waals surface area contributed by atoms with Gasteiger partial charge in [0.1, 0.15) is 22.0 Å². The van der Waals surface area contributed by atoms with E-state index in [9.17, 15) is 0 Å². The van der Waals surface area contributed by atoms with E-state index in [0.717, 1.165) is 23.9 Å². The van der Waals surface area contributed by atoms with Crippen molar-refractivity contribution in [2.45, 2.75) is 13.5 Å². The van der Waals surface area contributed by atoms with Crippen LogP contribution in [0.15, 0.2) is 30.3 Å². The third-order valence-electron chi connectivity index (χ3n) is 2.50. The van der Waals surface area contributed by atoms with Gasteiger partial charge in [-0.1, -0.05) is 24.4 Å². The van der Waals surface area contributed by atoms with Gasteiger partial charge in [-0.25, -0.2) is 4.98 Å². The summed E-state index contributed by atoms with van der Waals surface area (Å²) in [7, 11) is 1.66. The number of methoxy groups -OCH3 is 1. The van der Waals surface area contributed by atoms with Crippen molar-refractivity contribution in [2.24, 2.45) is 0 Å². The predicted octanol–water partition coefficient (Wildman–Crippen LogP) is 3.07. The molecule has 0 bridgehead atoms. The lowest BCUT2D eigenvalue weighted by Gasteiger charge is -2.08. The molecule has 0 amide bonds. The molecule has 0 aliphatic rings. The fourth-order valence-electron chi connectivity index (χ4n) is 1.62. The van der Waals surface area contributed by atoms with Gasteiger partial charge in [-0.2, -0.15) is 0 Å². The fraction of sp³-hybridized carbons (Fsp3) is 0.231. The number of ether oxygens (including phenoxy) is 1. The zero-order valence-electron chi connectivity index (χ0n) is 10.4.